The molecule has 0 fully saturated rings. The molecule has 5 nitrogen and oxygen atoms in total. The van der Waals surface area contributed by atoms with E-state index in [0.29, 0.717) is 41.4 Å². The van der Waals surface area contributed by atoms with Gasteiger partial charge in [-0.2, -0.15) is 0 Å². The second kappa shape index (κ2) is 6.34. The van der Waals surface area contributed by atoms with Gasteiger partial charge in [0, 0.05) is 17.7 Å². The van der Waals surface area contributed by atoms with E-state index >= 15 is 0 Å². The average molecular weight is 304 g/mol. The highest BCUT2D eigenvalue weighted by Crippen LogP contribution is 2.41. The molecule has 0 spiro atoms. The van der Waals surface area contributed by atoms with Gasteiger partial charge in [-0.3, -0.25) is 10.1 Å². The number of halogens is 1. The second-order valence-electron chi connectivity index (χ2n) is 4.29. The van der Waals surface area contributed by atoms with Gasteiger partial charge in [-0.1, -0.05) is 6.92 Å². The molecule has 0 aliphatic carbocycles. The molecule has 1 aromatic rings. The van der Waals surface area contributed by atoms with E-state index in [-0.39, 0.29) is 5.69 Å². The summed E-state index contributed by atoms with van der Waals surface area (Å²) in [5, 5.41) is 11.1. The van der Waals surface area contributed by atoms with Crippen molar-refractivity contribution in [1.29, 1.82) is 0 Å². The van der Waals surface area contributed by atoms with E-state index in [1.165, 1.54) is 17.8 Å². The number of thioether (sulfide) groups is 1. The van der Waals surface area contributed by atoms with Crippen molar-refractivity contribution in [2.75, 3.05) is 24.8 Å². The summed E-state index contributed by atoms with van der Waals surface area (Å²) in [6, 6.07) is 3.11. The molecule has 1 heterocycles. The van der Waals surface area contributed by atoms with Crippen LogP contribution in [0.2, 0.25) is 0 Å². The Bertz CT molecular complexity index is 483. The SMILES string of the molecule is CC(CCl)CSc1cc2c(cc1[N+](=O)[O-])OCCO2. The van der Waals surface area contributed by atoms with Crippen LogP contribution >= 0.6 is 23.4 Å². The zero-order valence-electron chi connectivity index (χ0n) is 10.4. The molecule has 1 unspecified atom stereocenters. The van der Waals surface area contributed by atoms with Gasteiger partial charge in [-0.25, -0.2) is 0 Å². The molecule has 0 saturated heterocycles. The molecule has 0 radical (unpaired) electrons. The summed E-state index contributed by atoms with van der Waals surface area (Å²) in [5.41, 5.74) is 0.0519. The van der Waals surface area contributed by atoms with Gasteiger partial charge in [0.25, 0.3) is 5.69 Å². The summed E-state index contributed by atoms with van der Waals surface area (Å²) < 4.78 is 10.8. The number of alkyl halides is 1. The minimum atomic E-state index is -0.397. The van der Waals surface area contributed by atoms with Crippen LogP contribution in [0.15, 0.2) is 17.0 Å². The molecule has 0 N–H and O–H groups in total. The van der Waals surface area contributed by atoms with Crippen molar-refractivity contribution < 1.29 is 14.4 Å². The maximum absolute atomic E-state index is 11.1. The Morgan fingerprint density at radius 1 is 1.42 bits per heavy atom. The van der Waals surface area contributed by atoms with Crippen LogP contribution < -0.4 is 9.47 Å². The monoisotopic (exact) mass is 303 g/mol. The molecule has 19 heavy (non-hydrogen) atoms. The van der Waals surface area contributed by atoms with Crippen molar-refractivity contribution in [3.8, 4) is 11.5 Å². The van der Waals surface area contributed by atoms with Gasteiger partial charge in [-0.05, 0) is 5.92 Å². The summed E-state index contributed by atoms with van der Waals surface area (Å²) in [6.07, 6.45) is 0. The molecule has 2 rings (SSSR count). The van der Waals surface area contributed by atoms with E-state index in [1.54, 1.807) is 6.07 Å². The van der Waals surface area contributed by atoms with Crippen molar-refractivity contribution in [2.45, 2.75) is 11.8 Å². The fourth-order valence-corrected chi connectivity index (χ4v) is 2.89. The number of hydrogen-bond donors (Lipinski definition) is 0. The molecule has 0 aromatic heterocycles. The van der Waals surface area contributed by atoms with Gasteiger partial charge in [0.15, 0.2) is 11.5 Å². The average Bonchev–Trinajstić information content (AvgIpc) is 2.43. The Morgan fingerprint density at radius 3 is 2.63 bits per heavy atom. The quantitative estimate of drug-likeness (QED) is 0.361. The minimum absolute atomic E-state index is 0.0519. The first kappa shape index (κ1) is 14.3. The summed E-state index contributed by atoms with van der Waals surface area (Å²) in [6.45, 7) is 2.89. The van der Waals surface area contributed by atoms with Crippen LogP contribution in [0.4, 0.5) is 5.69 Å². The number of ether oxygens (including phenoxy) is 2. The Morgan fingerprint density at radius 2 is 2.05 bits per heavy atom. The molecule has 1 atom stereocenters. The summed E-state index contributed by atoms with van der Waals surface area (Å²) in [4.78, 5) is 11.3. The number of fused-ring (bicyclic) bond motifs is 1. The standard InChI is InChI=1S/C12H14ClNO4S/c1-8(6-13)7-19-12-5-11-10(17-2-3-18-11)4-9(12)14(15)16/h4-5,8H,2-3,6-7H2,1H3. The van der Waals surface area contributed by atoms with Gasteiger partial charge >= 0.3 is 0 Å². The van der Waals surface area contributed by atoms with Gasteiger partial charge in [0.05, 0.1) is 15.9 Å². The molecule has 0 amide bonds. The Labute approximate surface area is 120 Å². The first-order chi connectivity index (χ1) is 9.11. The number of nitro benzene ring substituents is 1. The van der Waals surface area contributed by atoms with Gasteiger partial charge < -0.3 is 9.47 Å². The molecule has 0 bridgehead atoms. The zero-order valence-corrected chi connectivity index (χ0v) is 12.0. The topological polar surface area (TPSA) is 61.6 Å². The van der Waals surface area contributed by atoms with E-state index in [4.69, 9.17) is 21.1 Å². The van der Waals surface area contributed by atoms with Crippen molar-refractivity contribution in [1.82, 2.24) is 0 Å². The molecule has 1 aliphatic rings. The van der Waals surface area contributed by atoms with Crippen LogP contribution in [-0.2, 0) is 0 Å². The fraction of sp³-hybridized carbons (Fsp3) is 0.500. The van der Waals surface area contributed by atoms with Crippen LogP contribution in [-0.4, -0.2) is 29.8 Å². The molecule has 7 heteroatoms. The van der Waals surface area contributed by atoms with E-state index in [0.717, 1.165) is 5.75 Å². The highest BCUT2D eigenvalue weighted by Gasteiger charge is 2.22. The van der Waals surface area contributed by atoms with Crippen molar-refractivity contribution >= 4 is 29.1 Å². The zero-order chi connectivity index (χ0) is 13.8. The summed E-state index contributed by atoms with van der Waals surface area (Å²) >= 11 is 7.16. The van der Waals surface area contributed by atoms with E-state index in [1.807, 2.05) is 6.92 Å². The number of rotatable bonds is 5. The van der Waals surface area contributed by atoms with E-state index < -0.39 is 4.92 Å². The van der Waals surface area contributed by atoms with E-state index in [2.05, 4.69) is 0 Å². The predicted octanol–water partition coefficient (Wildman–Crippen LogP) is 3.33. The fourth-order valence-electron chi connectivity index (χ4n) is 1.59. The number of benzene rings is 1. The highest BCUT2D eigenvalue weighted by molar-refractivity contribution is 7.99. The summed E-state index contributed by atoms with van der Waals surface area (Å²) in [5.74, 6) is 2.56. The largest absolute Gasteiger partial charge is 0.486 e. The van der Waals surface area contributed by atoms with Crippen LogP contribution in [0.3, 0.4) is 0 Å². The molecular weight excluding hydrogens is 290 g/mol. The van der Waals surface area contributed by atoms with E-state index in [9.17, 15) is 10.1 Å². The molecule has 104 valence electrons. The third-order valence-electron chi connectivity index (χ3n) is 2.61. The third-order valence-corrected chi connectivity index (χ3v) is 4.51. The molecule has 0 saturated carbocycles. The number of nitro groups is 1. The van der Waals surface area contributed by atoms with Crippen LogP contribution in [0.1, 0.15) is 6.92 Å². The lowest BCUT2D eigenvalue weighted by molar-refractivity contribution is -0.387. The first-order valence-corrected chi connectivity index (χ1v) is 7.40. The maximum Gasteiger partial charge on any atom is 0.286 e. The van der Waals surface area contributed by atoms with Crippen molar-refractivity contribution in [3.05, 3.63) is 22.2 Å². The number of hydrogen-bond acceptors (Lipinski definition) is 5. The van der Waals surface area contributed by atoms with Gasteiger partial charge in [0.1, 0.15) is 13.2 Å². The minimum Gasteiger partial charge on any atom is -0.486 e. The normalized spacial score (nSPS) is 15.1. The highest BCUT2D eigenvalue weighted by atomic mass is 35.5. The van der Waals surface area contributed by atoms with Gasteiger partial charge in [-0.15, -0.1) is 23.4 Å². The summed E-state index contributed by atoms with van der Waals surface area (Å²) in [7, 11) is 0. The Kier molecular flexibility index (Phi) is 4.76. The van der Waals surface area contributed by atoms with Crippen molar-refractivity contribution in [3.63, 3.8) is 0 Å². The smallest absolute Gasteiger partial charge is 0.286 e. The Hall–Kier alpha value is -1.14. The Balaban J connectivity index is 2.26. The lowest BCUT2D eigenvalue weighted by Crippen LogP contribution is -2.15. The lowest BCUT2D eigenvalue weighted by Gasteiger charge is -2.19. The third kappa shape index (κ3) is 3.45. The van der Waals surface area contributed by atoms with Crippen LogP contribution in [0.5, 0.6) is 11.5 Å². The molecular formula is C12H14ClNO4S. The number of nitrogens with zero attached hydrogens (tertiary/aromatic N) is 1. The molecule has 1 aliphatic heterocycles. The lowest BCUT2D eigenvalue weighted by atomic mass is 10.2. The maximum atomic E-state index is 11.1. The molecule has 1 aromatic carbocycles. The van der Waals surface area contributed by atoms with Crippen molar-refractivity contribution in [2.24, 2.45) is 5.92 Å². The van der Waals surface area contributed by atoms with Gasteiger partial charge in [0.2, 0.25) is 0 Å². The van der Waals surface area contributed by atoms with Crippen LogP contribution in [0, 0.1) is 16.0 Å². The second-order valence-corrected chi connectivity index (χ2v) is 5.66. The van der Waals surface area contributed by atoms with Crippen LogP contribution in [0.25, 0.3) is 0 Å². The first-order valence-electron chi connectivity index (χ1n) is 5.88. The predicted molar refractivity (Wildman–Crippen MR) is 74.7 cm³/mol.